The largest absolute Gasteiger partial charge is 0.507 e. The van der Waals surface area contributed by atoms with E-state index in [4.69, 9.17) is 16.9 Å². The summed E-state index contributed by atoms with van der Waals surface area (Å²) in [6, 6.07) is 16.0. The molecule has 18 heavy (non-hydrogen) atoms. The molecule has 0 spiro atoms. The predicted molar refractivity (Wildman–Crippen MR) is 73.0 cm³/mol. The van der Waals surface area contributed by atoms with Crippen LogP contribution in [0.3, 0.4) is 0 Å². The molecule has 2 aromatic carbocycles. The summed E-state index contributed by atoms with van der Waals surface area (Å²) in [5.41, 5.74) is 1.86. The molecule has 0 aliphatic carbocycles. The van der Waals surface area contributed by atoms with Crippen molar-refractivity contribution in [1.82, 2.24) is 0 Å². The maximum atomic E-state index is 9.67. The van der Waals surface area contributed by atoms with Crippen LogP contribution in [0.1, 0.15) is 11.1 Å². The second kappa shape index (κ2) is 5.39. The van der Waals surface area contributed by atoms with Crippen molar-refractivity contribution in [2.24, 2.45) is 0 Å². The minimum absolute atomic E-state index is 0.152. The molecule has 0 heterocycles. The van der Waals surface area contributed by atoms with Crippen LogP contribution in [-0.2, 0) is 0 Å². The highest BCUT2D eigenvalue weighted by Gasteiger charge is 2.03. The Kier molecular flexibility index (Phi) is 3.66. The zero-order valence-corrected chi connectivity index (χ0v) is 10.2. The van der Waals surface area contributed by atoms with Gasteiger partial charge in [0.15, 0.2) is 0 Å². The van der Waals surface area contributed by atoms with Gasteiger partial charge in [-0.3, -0.25) is 0 Å². The SMILES string of the molecule is N#CC(=Cc1ccccc1O)c1ccc(Cl)cc1. The smallest absolute Gasteiger partial charge is 0.122 e. The number of rotatable bonds is 2. The molecule has 1 N–H and O–H groups in total. The Morgan fingerprint density at radius 1 is 1.11 bits per heavy atom. The van der Waals surface area contributed by atoms with Crippen LogP contribution in [0.15, 0.2) is 48.5 Å². The number of nitriles is 1. The summed E-state index contributed by atoms with van der Waals surface area (Å²) in [7, 11) is 0. The maximum absolute atomic E-state index is 9.67. The number of halogens is 1. The average Bonchev–Trinajstić information content (AvgIpc) is 2.39. The van der Waals surface area contributed by atoms with Crippen LogP contribution in [0.4, 0.5) is 0 Å². The van der Waals surface area contributed by atoms with Gasteiger partial charge in [0, 0.05) is 10.6 Å². The molecule has 0 radical (unpaired) electrons. The monoisotopic (exact) mass is 255 g/mol. The lowest BCUT2D eigenvalue weighted by atomic mass is 10.0. The van der Waals surface area contributed by atoms with E-state index < -0.39 is 0 Å². The van der Waals surface area contributed by atoms with Crippen molar-refractivity contribution in [3.05, 3.63) is 64.7 Å². The molecule has 3 heteroatoms. The van der Waals surface area contributed by atoms with Crippen molar-refractivity contribution >= 4 is 23.3 Å². The molecule has 0 aliphatic rings. The van der Waals surface area contributed by atoms with E-state index in [1.165, 1.54) is 0 Å². The zero-order chi connectivity index (χ0) is 13.0. The van der Waals surface area contributed by atoms with Crippen LogP contribution in [0.2, 0.25) is 5.02 Å². The van der Waals surface area contributed by atoms with Crippen molar-refractivity contribution < 1.29 is 5.11 Å². The highest BCUT2D eigenvalue weighted by molar-refractivity contribution is 6.30. The predicted octanol–water partition coefficient (Wildman–Crippen LogP) is 4.11. The first-order valence-electron chi connectivity index (χ1n) is 5.36. The van der Waals surface area contributed by atoms with Crippen LogP contribution in [-0.4, -0.2) is 5.11 Å². The summed E-state index contributed by atoms with van der Waals surface area (Å²) in [5.74, 6) is 0.152. The van der Waals surface area contributed by atoms with Crippen molar-refractivity contribution in [3.63, 3.8) is 0 Å². The van der Waals surface area contributed by atoms with Gasteiger partial charge in [-0.2, -0.15) is 5.26 Å². The van der Waals surface area contributed by atoms with Crippen molar-refractivity contribution in [2.75, 3.05) is 0 Å². The van der Waals surface area contributed by atoms with Crippen LogP contribution in [0, 0.1) is 11.3 Å². The van der Waals surface area contributed by atoms with Crippen molar-refractivity contribution in [2.45, 2.75) is 0 Å². The van der Waals surface area contributed by atoms with E-state index in [1.54, 1.807) is 48.5 Å². The second-order valence-electron chi connectivity index (χ2n) is 3.74. The Bertz CT molecular complexity index is 624. The van der Waals surface area contributed by atoms with E-state index >= 15 is 0 Å². The Hall–Kier alpha value is -2.24. The highest BCUT2D eigenvalue weighted by Crippen LogP contribution is 2.24. The highest BCUT2D eigenvalue weighted by atomic mass is 35.5. The number of allylic oxidation sites excluding steroid dienone is 1. The van der Waals surface area contributed by atoms with Gasteiger partial charge in [-0.25, -0.2) is 0 Å². The molecule has 2 nitrogen and oxygen atoms in total. The van der Waals surface area contributed by atoms with Gasteiger partial charge in [-0.1, -0.05) is 41.9 Å². The molecule has 2 rings (SSSR count). The summed E-state index contributed by atoms with van der Waals surface area (Å²) < 4.78 is 0. The first-order valence-corrected chi connectivity index (χ1v) is 5.74. The summed E-state index contributed by atoms with van der Waals surface area (Å²) in [6.07, 6.45) is 1.65. The number of phenols is 1. The van der Waals surface area contributed by atoms with Crippen LogP contribution >= 0.6 is 11.6 Å². The quantitative estimate of drug-likeness (QED) is 0.648. The normalized spacial score (nSPS) is 11.0. The van der Waals surface area contributed by atoms with E-state index in [0.29, 0.717) is 16.2 Å². The number of phenolic OH excluding ortho intramolecular Hbond substituents is 1. The summed E-state index contributed by atoms with van der Waals surface area (Å²) in [5, 5.41) is 19.5. The molecule has 0 bridgehead atoms. The molecule has 88 valence electrons. The molecule has 0 atom stereocenters. The number of hydrogen-bond donors (Lipinski definition) is 1. The van der Waals surface area contributed by atoms with Crippen LogP contribution in [0.25, 0.3) is 11.6 Å². The second-order valence-corrected chi connectivity index (χ2v) is 4.17. The van der Waals surface area contributed by atoms with Gasteiger partial charge in [0.05, 0.1) is 11.6 Å². The van der Waals surface area contributed by atoms with Gasteiger partial charge in [-0.05, 0) is 29.8 Å². The molecule has 0 fully saturated rings. The molecule has 2 aromatic rings. The van der Waals surface area contributed by atoms with E-state index in [2.05, 4.69) is 6.07 Å². The molecule has 0 saturated carbocycles. The Balaban J connectivity index is 2.44. The summed E-state index contributed by atoms with van der Waals surface area (Å²) in [4.78, 5) is 0. The van der Waals surface area contributed by atoms with Gasteiger partial charge in [0.1, 0.15) is 5.75 Å². The summed E-state index contributed by atoms with van der Waals surface area (Å²) >= 11 is 5.80. The number of para-hydroxylation sites is 1. The number of aromatic hydroxyl groups is 1. The van der Waals surface area contributed by atoms with E-state index in [9.17, 15) is 5.11 Å². The maximum Gasteiger partial charge on any atom is 0.122 e. The van der Waals surface area contributed by atoms with Gasteiger partial charge in [0.25, 0.3) is 0 Å². The minimum atomic E-state index is 0.152. The Morgan fingerprint density at radius 2 is 1.78 bits per heavy atom. The van der Waals surface area contributed by atoms with E-state index in [-0.39, 0.29) is 5.75 Å². The number of hydrogen-bond acceptors (Lipinski definition) is 2. The third-order valence-corrected chi connectivity index (χ3v) is 2.76. The molecule has 0 unspecified atom stereocenters. The van der Waals surface area contributed by atoms with Gasteiger partial charge < -0.3 is 5.11 Å². The lowest BCUT2D eigenvalue weighted by molar-refractivity contribution is 0.474. The van der Waals surface area contributed by atoms with Gasteiger partial charge in [-0.15, -0.1) is 0 Å². The summed E-state index contributed by atoms with van der Waals surface area (Å²) in [6.45, 7) is 0. The van der Waals surface area contributed by atoms with E-state index in [0.717, 1.165) is 5.56 Å². The molecule has 0 amide bonds. The van der Waals surface area contributed by atoms with Crippen LogP contribution in [0.5, 0.6) is 5.75 Å². The molecule has 0 aromatic heterocycles. The average molecular weight is 256 g/mol. The number of benzene rings is 2. The molecular formula is C15H10ClNO. The fraction of sp³-hybridized carbons (Fsp3) is 0. The van der Waals surface area contributed by atoms with Crippen molar-refractivity contribution in [1.29, 1.82) is 5.26 Å². The van der Waals surface area contributed by atoms with E-state index in [1.807, 2.05) is 6.07 Å². The van der Waals surface area contributed by atoms with Crippen molar-refractivity contribution in [3.8, 4) is 11.8 Å². The first kappa shape index (κ1) is 12.2. The van der Waals surface area contributed by atoms with Gasteiger partial charge >= 0.3 is 0 Å². The fourth-order valence-electron chi connectivity index (χ4n) is 1.57. The first-order chi connectivity index (χ1) is 8.70. The third-order valence-electron chi connectivity index (χ3n) is 2.51. The van der Waals surface area contributed by atoms with Crippen LogP contribution < -0.4 is 0 Å². The lowest BCUT2D eigenvalue weighted by Gasteiger charge is -2.01. The topological polar surface area (TPSA) is 44.0 Å². The molecular weight excluding hydrogens is 246 g/mol. The van der Waals surface area contributed by atoms with Gasteiger partial charge in [0.2, 0.25) is 0 Å². The Labute approximate surface area is 110 Å². The molecule has 0 saturated heterocycles. The standard InChI is InChI=1S/C15H10ClNO/c16-14-7-5-11(6-8-14)13(10-17)9-12-3-1-2-4-15(12)18/h1-9,18H. The third kappa shape index (κ3) is 2.71. The lowest BCUT2D eigenvalue weighted by Crippen LogP contribution is -1.82. The zero-order valence-electron chi connectivity index (χ0n) is 9.47. The molecule has 0 aliphatic heterocycles. The fourth-order valence-corrected chi connectivity index (χ4v) is 1.70. The minimum Gasteiger partial charge on any atom is -0.507 e. The Morgan fingerprint density at radius 3 is 2.39 bits per heavy atom. The number of nitrogens with zero attached hydrogens (tertiary/aromatic N) is 1.